The number of nitrogens with two attached hydrogens (primary N) is 1. The Morgan fingerprint density at radius 2 is 1.94 bits per heavy atom. The monoisotopic (exact) mass is 456 g/mol. The average molecular weight is 457 g/mol. The van der Waals surface area contributed by atoms with Crippen molar-refractivity contribution in [2.75, 3.05) is 5.73 Å². The quantitative estimate of drug-likeness (QED) is 0.451. The number of hydrogen-bond donors (Lipinski definition) is 2. The summed E-state index contributed by atoms with van der Waals surface area (Å²) in [6.45, 7) is 2.32. The number of amides is 1. The van der Waals surface area contributed by atoms with E-state index < -0.39 is 5.91 Å². The lowest BCUT2D eigenvalue weighted by Gasteiger charge is -2.05. The van der Waals surface area contributed by atoms with Crippen LogP contribution >= 0.6 is 23.2 Å². The molecule has 3 N–H and O–H groups in total. The normalized spacial score (nSPS) is 10.9. The number of nitrogens with one attached hydrogen (secondary N) is 1. The lowest BCUT2D eigenvalue weighted by molar-refractivity contribution is 0.0946. The fourth-order valence-corrected chi connectivity index (χ4v) is 3.25. The maximum Gasteiger partial charge on any atom is 0.275 e. The summed E-state index contributed by atoms with van der Waals surface area (Å²) >= 11 is 11.9. The molecule has 0 fully saturated rings. The number of aryl methyl sites for hydroxylation is 1. The Labute approximate surface area is 188 Å². The Balaban J connectivity index is 1.47. The summed E-state index contributed by atoms with van der Waals surface area (Å²) in [6.07, 6.45) is 0. The fourth-order valence-electron chi connectivity index (χ4n) is 2.93. The molecule has 0 atom stereocenters. The first-order chi connectivity index (χ1) is 14.9. The number of anilines is 1. The fraction of sp³-hybridized carbons (Fsp3) is 0.143. The van der Waals surface area contributed by atoms with Crippen molar-refractivity contribution in [1.82, 2.24) is 25.3 Å². The Kier molecular flexibility index (Phi) is 5.92. The number of nitrogen functional groups attached to an aromatic ring is 1. The van der Waals surface area contributed by atoms with E-state index in [-0.39, 0.29) is 18.1 Å². The van der Waals surface area contributed by atoms with Gasteiger partial charge < -0.3 is 15.5 Å². The molecule has 0 aliphatic heterocycles. The molecule has 0 aliphatic carbocycles. The van der Waals surface area contributed by atoms with Crippen molar-refractivity contribution < 1.29 is 9.21 Å². The molecule has 4 rings (SSSR count). The van der Waals surface area contributed by atoms with Crippen LogP contribution < -0.4 is 11.1 Å². The third-order valence-corrected chi connectivity index (χ3v) is 5.11. The molecule has 0 saturated carbocycles. The highest BCUT2D eigenvalue weighted by Crippen LogP contribution is 2.25. The summed E-state index contributed by atoms with van der Waals surface area (Å²) in [5.74, 6) is 0.767. The van der Waals surface area contributed by atoms with Gasteiger partial charge in [0.25, 0.3) is 5.91 Å². The van der Waals surface area contributed by atoms with Gasteiger partial charge in [-0.15, -0.1) is 5.10 Å². The molecular formula is C21H18Cl2N6O2. The van der Waals surface area contributed by atoms with Gasteiger partial charge in [-0.2, -0.15) is 0 Å². The molecule has 1 amide bonds. The molecule has 10 heteroatoms. The van der Waals surface area contributed by atoms with Crippen LogP contribution in [0.4, 0.5) is 5.82 Å². The molecule has 0 aliphatic rings. The number of nitrogens with zero attached hydrogens (tertiary/aromatic N) is 4. The third-order valence-electron chi connectivity index (χ3n) is 4.62. The molecule has 0 radical (unpaired) electrons. The van der Waals surface area contributed by atoms with E-state index in [0.717, 1.165) is 11.1 Å². The summed E-state index contributed by atoms with van der Waals surface area (Å²) in [6, 6.07) is 14.4. The van der Waals surface area contributed by atoms with Gasteiger partial charge in [-0.25, -0.2) is 9.67 Å². The minimum absolute atomic E-state index is 0.0465. The standard InChI is InChI=1S/C21H18Cl2N6O2/c1-12-17(26-21(31-12)14-3-2-4-16(23)9-14)11-29-19(24)18(27-28-29)20(30)25-10-13-5-7-15(22)8-6-13/h2-9H,10-11,24H2,1H3,(H,25,30). The number of carbonyl (C=O) groups is 1. The largest absolute Gasteiger partial charge is 0.441 e. The van der Waals surface area contributed by atoms with E-state index in [1.165, 1.54) is 4.68 Å². The highest BCUT2D eigenvalue weighted by molar-refractivity contribution is 6.31. The smallest absolute Gasteiger partial charge is 0.275 e. The van der Waals surface area contributed by atoms with Crippen LogP contribution in [0.2, 0.25) is 10.0 Å². The van der Waals surface area contributed by atoms with Gasteiger partial charge >= 0.3 is 0 Å². The van der Waals surface area contributed by atoms with Crippen LogP contribution in [0, 0.1) is 6.92 Å². The van der Waals surface area contributed by atoms with E-state index in [1.54, 1.807) is 31.2 Å². The van der Waals surface area contributed by atoms with Crippen LogP contribution in [0.1, 0.15) is 27.5 Å². The third kappa shape index (κ3) is 4.70. The molecule has 158 valence electrons. The van der Waals surface area contributed by atoms with Crippen molar-refractivity contribution in [3.8, 4) is 11.5 Å². The number of halogens is 2. The van der Waals surface area contributed by atoms with Gasteiger partial charge in [0.1, 0.15) is 11.5 Å². The van der Waals surface area contributed by atoms with E-state index >= 15 is 0 Å². The van der Waals surface area contributed by atoms with E-state index in [2.05, 4.69) is 20.6 Å². The van der Waals surface area contributed by atoms with Crippen LogP contribution in [0.15, 0.2) is 52.9 Å². The maximum atomic E-state index is 12.5. The van der Waals surface area contributed by atoms with Crippen LogP contribution in [0.5, 0.6) is 0 Å². The van der Waals surface area contributed by atoms with Gasteiger partial charge in [-0.3, -0.25) is 4.79 Å². The topological polar surface area (TPSA) is 112 Å². The van der Waals surface area contributed by atoms with E-state index in [4.69, 9.17) is 33.4 Å². The highest BCUT2D eigenvalue weighted by atomic mass is 35.5. The number of aromatic nitrogens is 4. The Hall–Kier alpha value is -3.36. The highest BCUT2D eigenvalue weighted by Gasteiger charge is 2.20. The van der Waals surface area contributed by atoms with Crippen LogP contribution in [-0.2, 0) is 13.1 Å². The Morgan fingerprint density at radius 3 is 2.68 bits per heavy atom. The number of benzene rings is 2. The van der Waals surface area contributed by atoms with Crippen molar-refractivity contribution in [2.45, 2.75) is 20.0 Å². The summed E-state index contributed by atoms with van der Waals surface area (Å²) in [4.78, 5) is 17.0. The zero-order chi connectivity index (χ0) is 22.0. The molecule has 31 heavy (non-hydrogen) atoms. The number of carbonyl (C=O) groups excluding carboxylic acids is 1. The van der Waals surface area contributed by atoms with Gasteiger partial charge in [0.15, 0.2) is 11.5 Å². The molecule has 0 bridgehead atoms. The summed E-state index contributed by atoms with van der Waals surface area (Å²) in [5, 5.41) is 11.9. The molecule has 0 unspecified atom stereocenters. The first-order valence-corrected chi connectivity index (χ1v) is 10.1. The lowest BCUT2D eigenvalue weighted by Crippen LogP contribution is -2.24. The van der Waals surface area contributed by atoms with Crippen molar-refractivity contribution in [3.63, 3.8) is 0 Å². The zero-order valence-corrected chi connectivity index (χ0v) is 18.0. The van der Waals surface area contributed by atoms with Gasteiger partial charge in [0.2, 0.25) is 5.89 Å². The number of rotatable bonds is 6. The number of hydrogen-bond acceptors (Lipinski definition) is 6. The Bertz CT molecular complexity index is 1230. The minimum Gasteiger partial charge on any atom is -0.441 e. The minimum atomic E-state index is -0.421. The molecule has 2 aromatic carbocycles. The maximum absolute atomic E-state index is 12.5. The first kappa shape index (κ1) is 20.9. The molecule has 2 heterocycles. The zero-order valence-electron chi connectivity index (χ0n) is 16.5. The van der Waals surface area contributed by atoms with Crippen LogP contribution in [0.25, 0.3) is 11.5 Å². The van der Waals surface area contributed by atoms with E-state index in [1.807, 2.05) is 24.3 Å². The summed E-state index contributed by atoms with van der Waals surface area (Å²) < 4.78 is 7.16. The van der Waals surface area contributed by atoms with Crippen molar-refractivity contribution in [1.29, 1.82) is 0 Å². The second kappa shape index (κ2) is 8.79. The molecule has 8 nitrogen and oxygen atoms in total. The summed E-state index contributed by atoms with van der Waals surface area (Å²) in [5.41, 5.74) is 8.44. The van der Waals surface area contributed by atoms with Crippen molar-refractivity contribution in [2.24, 2.45) is 0 Å². The average Bonchev–Trinajstić information content (AvgIpc) is 3.30. The summed E-state index contributed by atoms with van der Waals surface area (Å²) in [7, 11) is 0. The molecular weight excluding hydrogens is 439 g/mol. The van der Waals surface area contributed by atoms with Crippen LogP contribution in [-0.4, -0.2) is 25.9 Å². The van der Waals surface area contributed by atoms with E-state index in [9.17, 15) is 4.79 Å². The van der Waals surface area contributed by atoms with Gasteiger partial charge in [-0.05, 0) is 42.8 Å². The SMILES string of the molecule is Cc1oc(-c2cccc(Cl)c2)nc1Cn1nnc(C(=O)NCc2ccc(Cl)cc2)c1N. The predicted molar refractivity (Wildman–Crippen MR) is 118 cm³/mol. The second-order valence-corrected chi connectivity index (χ2v) is 7.70. The first-order valence-electron chi connectivity index (χ1n) is 9.34. The lowest BCUT2D eigenvalue weighted by atomic mass is 10.2. The molecule has 0 saturated heterocycles. The van der Waals surface area contributed by atoms with Gasteiger partial charge in [0.05, 0.1) is 6.54 Å². The molecule has 4 aromatic rings. The van der Waals surface area contributed by atoms with Gasteiger partial charge in [-0.1, -0.05) is 46.6 Å². The molecule has 0 spiro atoms. The van der Waals surface area contributed by atoms with Gasteiger partial charge in [0, 0.05) is 22.2 Å². The predicted octanol–water partition coefficient (Wildman–Crippen LogP) is 4.11. The second-order valence-electron chi connectivity index (χ2n) is 6.82. The van der Waals surface area contributed by atoms with Crippen molar-refractivity contribution in [3.05, 3.63) is 81.3 Å². The molecule has 2 aromatic heterocycles. The van der Waals surface area contributed by atoms with E-state index in [0.29, 0.717) is 33.9 Å². The van der Waals surface area contributed by atoms with Crippen molar-refractivity contribution >= 4 is 34.9 Å². The Morgan fingerprint density at radius 1 is 1.16 bits per heavy atom. The number of oxazole rings is 1. The van der Waals surface area contributed by atoms with Crippen LogP contribution in [0.3, 0.4) is 0 Å².